The van der Waals surface area contributed by atoms with Gasteiger partial charge in [-0.1, -0.05) is 0 Å². The van der Waals surface area contributed by atoms with E-state index in [4.69, 9.17) is 0 Å². The largest absolute Gasteiger partial charge is 0.504 e. The highest BCUT2D eigenvalue weighted by atomic mass is 16.3. The van der Waals surface area contributed by atoms with E-state index in [1.54, 1.807) is 0 Å². The Balaban J connectivity index is 2.81. The number of rotatable bonds is 1. The number of carbonyl (C=O) groups is 1. The third-order valence-electron chi connectivity index (χ3n) is 1.75. The molecule has 6 nitrogen and oxygen atoms in total. The molecule has 0 saturated carbocycles. The summed E-state index contributed by atoms with van der Waals surface area (Å²) >= 11 is 0. The number of carbonyl (C=O) groups excluding carboxylic acids is 1. The molecule has 0 atom stereocenters. The van der Waals surface area contributed by atoms with Crippen molar-refractivity contribution in [2.75, 3.05) is 0 Å². The molecule has 0 unspecified atom stereocenters. The van der Waals surface area contributed by atoms with Gasteiger partial charge < -0.3 is 5.11 Å². The summed E-state index contributed by atoms with van der Waals surface area (Å²) in [5.74, 6) is -0.592. The maximum Gasteiger partial charge on any atom is 0.181 e. The molecular formula is C8H6N4O2. The lowest BCUT2D eigenvalue weighted by Gasteiger charge is -2.00. The molecule has 14 heavy (non-hydrogen) atoms. The van der Waals surface area contributed by atoms with E-state index in [-0.39, 0.29) is 22.7 Å². The Morgan fingerprint density at radius 2 is 2.21 bits per heavy atom. The SMILES string of the molecule is CC(=O)c1ncc2ncnnc2c1O. The number of fused-ring (bicyclic) bond motifs is 1. The molecule has 0 aliphatic rings. The molecule has 1 N–H and O–H groups in total. The third-order valence-corrected chi connectivity index (χ3v) is 1.75. The summed E-state index contributed by atoms with van der Waals surface area (Å²) < 4.78 is 0. The van der Waals surface area contributed by atoms with E-state index in [1.807, 2.05) is 0 Å². The van der Waals surface area contributed by atoms with Gasteiger partial charge in [-0.05, 0) is 0 Å². The topological polar surface area (TPSA) is 88.9 Å². The highest BCUT2D eigenvalue weighted by Gasteiger charge is 2.13. The maximum absolute atomic E-state index is 11.0. The monoisotopic (exact) mass is 190 g/mol. The molecule has 0 spiro atoms. The van der Waals surface area contributed by atoms with Gasteiger partial charge in [-0.3, -0.25) is 4.79 Å². The quantitative estimate of drug-likeness (QED) is 0.651. The Morgan fingerprint density at radius 3 is 2.93 bits per heavy atom. The van der Waals surface area contributed by atoms with Gasteiger partial charge in [0.05, 0.1) is 6.20 Å². The zero-order valence-electron chi connectivity index (χ0n) is 7.30. The Morgan fingerprint density at radius 1 is 1.43 bits per heavy atom. The Hall–Kier alpha value is -2.11. The van der Waals surface area contributed by atoms with Crippen LogP contribution < -0.4 is 0 Å². The van der Waals surface area contributed by atoms with E-state index >= 15 is 0 Å². The summed E-state index contributed by atoms with van der Waals surface area (Å²) in [6.07, 6.45) is 2.62. The number of ketones is 1. The molecule has 2 aromatic heterocycles. The second-order valence-electron chi connectivity index (χ2n) is 2.71. The van der Waals surface area contributed by atoms with Crippen LogP contribution in [-0.2, 0) is 0 Å². The van der Waals surface area contributed by atoms with Crippen LogP contribution in [0.4, 0.5) is 0 Å². The lowest BCUT2D eigenvalue weighted by Crippen LogP contribution is -1.99. The van der Waals surface area contributed by atoms with Crippen molar-refractivity contribution in [2.24, 2.45) is 0 Å². The van der Waals surface area contributed by atoms with E-state index in [9.17, 15) is 9.90 Å². The fourth-order valence-corrected chi connectivity index (χ4v) is 1.10. The number of pyridine rings is 1. The average Bonchev–Trinajstić information content (AvgIpc) is 2.18. The van der Waals surface area contributed by atoms with Crippen LogP contribution in [0.25, 0.3) is 11.0 Å². The number of hydrogen-bond acceptors (Lipinski definition) is 6. The van der Waals surface area contributed by atoms with Crippen molar-refractivity contribution < 1.29 is 9.90 Å². The summed E-state index contributed by atoms with van der Waals surface area (Å²) in [4.78, 5) is 18.6. The summed E-state index contributed by atoms with van der Waals surface area (Å²) in [5, 5.41) is 16.8. The number of nitrogens with zero attached hydrogens (tertiary/aromatic N) is 4. The van der Waals surface area contributed by atoms with Crippen LogP contribution in [0.2, 0.25) is 0 Å². The lowest BCUT2D eigenvalue weighted by atomic mass is 10.2. The second kappa shape index (κ2) is 2.99. The van der Waals surface area contributed by atoms with Gasteiger partial charge in [-0.15, -0.1) is 10.2 Å². The molecule has 2 aromatic rings. The fourth-order valence-electron chi connectivity index (χ4n) is 1.10. The summed E-state index contributed by atoms with van der Waals surface area (Å²) in [5.41, 5.74) is 0.579. The van der Waals surface area contributed by atoms with E-state index < -0.39 is 0 Å². The van der Waals surface area contributed by atoms with Gasteiger partial charge in [0.25, 0.3) is 0 Å². The highest BCUT2D eigenvalue weighted by Crippen LogP contribution is 2.22. The van der Waals surface area contributed by atoms with Crippen LogP contribution in [0.3, 0.4) is 0 Å². The van der Waals surface area contributed by atoms with Gasteiger partial charge in [-0.2, -0.15) is 0 Å². The molecule has 0 fully saturated rings. The molecule has 0 saturated heterocycles. The van der Waals surface area contributed by atoms with Crippen LogP contribution in [-0.4, -0.2) is 31.1 Å². The number of aromatic nitrogens is 4. The molecule has 2 heterocycles. The minimum Gasteiger partial charge on any atom is -0.504 e. The predicted octanol–water partition coefficient (Wildman–Crippen LogP) is 0.328. The Labute approximate surface area is 78.6 Å². The van der Waals surface area contributed by atoms with E-state index in [0.29, 0.717) is 5.52 Å². The first kappa shape index (κ1) is 8.49. The van der Waals surface area contributed by atoms with Gasteiger partial charge >= 0.3 is 0 Å². The average molecular weight is 190 g/mol. The number of Topliss-reactive ketones (excluding diaryl/α,β-unsaturated/α-hetero) is 1. The molecule has 0 bridgehead atoms. The zero-order valence-corrected chi connectivity index (χ0v) is 7.30. The van der Waals surface area contributed by atoms with Crippen LogP contribution in [0.1, 0.15) is 17.4 Å². The van der Waals surface area contributed by atoms with Crippen LogP contribution >= 0.6 is 0 Å². The van der Waals surface area contributed by atoms with Crippen molar-refractivity contribution in [1.82, 2.24) is 20.2 Å². The molecule has 0 amide bonds. The Kier molecular flexibility index (Phi) is 1.81. The van der Waals surface area contributed by atoms with Gasteiger partial charge in [0, 0.05) is 6.92 Å². The van der Waals surface area contributed by atoms with Crippen molar-refractivity contribution in [3.8, 4) is 5.75 Å². The first-order chi connectivity index (χ1) is 6.70. The summed E-state index contributed by atoms with van der Waals surface area (Å²) in [7, 11) is 0. The first-order valence-electron chi connectivity index (χ1n) is 3.86. The van der Waals surface area contributed by atoms with Gasteiger partial charge in [0.15, 0.2) is 17.0 Å². The summed E-state index contributed by atoms with van der Waals surface area (Å²) in [6, 6.07) is 0. The minimum absolute atomic E-state index is 0.0141. The maximum atomic E-state index is 11.0. The molecule has 0 radical (unpaired) electrons. The van der Waals surface area contributed by atoms with Gasteiger partial charge in [0.1, 0.15) is 17.5 Å². The molecule has 0 aliphatic carbocycles. The van der Waals surface area contributed by atoms with Crippen molar-refractivity contribution in [2.45, 2.75) is 6.92 Å². The van der Waals surface area contributed by atoms with Crippen LogP contribution in [0.5, 0.6) is 5.75 Å². The molecule has 2 rings (SSSR count). The molecule has 6 heteroatoms. The minimum atomic E-state index is -0.324. The van der Waals surface area contributed by atoms with Crippen molar-refractivity contribution in [3.63, 3.8) is 0 Å². The van der Waals surface area contributed by atoms with Gasteiger partial charge in [-0.25, -0.2) is 9.97 Å². The molecule has 70 valence electrons. The smallest absolute Gasteiger partial charge is 0.181 e. The normalized spacial score (nSPS) is 10.4. The molecule has 0 aliphatic heterocycles. The van der Waals surface area contributed by atoms with E-state index in [2.05, 4.69) is 20.2 Å². The predicted molar refractivity (Wildman–Crippen MR) is 46.8 cm³/mol. The Bertz CT molecular complexity index is 512. The van der Waals surface area contributed by atoms with Crippen LogP contribution in [0.15, 0.2) is 12.5 Å². The highest BCUT2D eigenvalue weighted by molar-refractivity contribution is 5.99. The standard InChI is InChI=1S/C8H6N4O2/c1-4(13)6-8(14)7-5(2-9-6)10-3-11-12-7/h2-3,14H,1H3. The van der Waals surface area contributed by atoms with Crippen molar-refractivity contribution in [3.05, 3.63) is 18.2 Å². The zero-order chi connectivity index (χ0) is 10.1. The molecule has 0 aromatic carbocycles. The van der Waals surface area contributed by atoms with Crippen molar-refractivity contribution in [1.29, 1.82) is 0 Å². The number of hydrogen-bond donors (Lipinski definition) is 1. The second-order valence-corrected chi connectivity index (χ2v) is 2.71. The fraction of sp³-hybridized carbons (Fsp3) is 0.125. The summed E-state index contributed by atoms with van der Waals surface area (Å²) in [6.45, 7) is 1.32. The van der Waals surface area contributed by atoms with Crippen LogP contribution in [0, 0.1) is 0 Å². The first-order valence-corrected chi connectivity index (χ1v) is 3.86. The van der Waals surface area contributed by atoms with Gasteiger partial charge in [0.2, 0.25) is 0 Å². The number of aromatic hydroxyl groups is 1. The molecular weight excluding hydrogens is 184 g/mol. The lowest BCUT2D eigenvalue weighted by molar-refractivity contribution is 0.101. The van der Waals surface area contributed by atoms with E-state index in [0.717, 1.165) is 0 Å². The third kappa shape index (κ3) is 1.17. The van der Waals surface area contributed by atoms with E-state index in [1.165, 1.54) is 19.4 Å². The van der Waals surface area contributed by atoms with Crippen molar-refractivity contribution >= 4 is 16.8 Å².